The van der Waals surface area contributed by atoms with E-state index in [-0.39, 0.29) is 46.6 Å². The number of ether oxygens (including phenoxy) is 2. The third kappa shape index (κ3) is 5.60. The first-order chi connectivity index (χ1) is 17.5. The highest BCUT2D eigenvalue weighted by Crippen LogP contribution is 2.63. The van der Waals surface area contributed by atoms with Gasteiger partial charge in [0, 0.05) is 38.7 Å². The highest BCUT2D eigenvalue weighted by Gasteiger charge is 2.57. The van der Waals surface area contributed by atoms with Crippen molar-refractivity contribution in [3.63, 3.8) is 0 Å². The van der Waals surface area contributed by atoms with Crippen molar-refractivity contribution in [3.05, 3.63) is 42.2 Å². The number of carbonyl (C=O) groups is 3. The Morgan fingerprint density at radius 1 is 1.11 bits per heavy atom. The third-order valence-corrected chi connectivity index (χ3v) is 9.97. The monoisotopic (exact) mass is 510 g/mol. The number of allylic oxidation sites excluding steroid dienone is 1. The van der Waals surface area contributed by atoms with Crippen LogP contribution < -0.4 is 5.32 Å². The van der Waals surface area contributed by atoms with Gasteiger partial charge in [0.05, 0.1) is 12.2 Å². The Balaban J connectivity index is 1.61. The molecule has 0 aromatic carbocycles. The Hall–Kier alpha value is -2.70. The lowest BCUT2D eigenvalue weighted by molar-refractivity contribution is -0.161. The molecule has 7 atom stereocenters. The summed E-state index contributed by atoms with van der Waals surface area (Å²) >= 11 is 0. The third-order valence-electron chi connectivity index (χ3n) is 9.97. The second-order valence-corrected chi connectivity index (χ2v) is 11.9. The predicted octanol–water partition coefficient (Wildman–Crippen LogP) is 5.11. The van der Waals surface area contributed by atoms with Crippen LogP contribution in [-0.4, -0.2) is 42.1 Å². The minimum atomic E-state index is -0.291. The summed E-state index contributed by atoms with van der Waals surface area (Å²) in [7, 11) is 0. The first kappa shape index (κ1) is 27.3. The maximum atomic E-state index is 13.0. The molecule has 1 aromatic heterocycles. The van der Waals surface area contributed by atoms with Crippen LogP contribution in [0, 0.1) is 34.5 Å². The molecule has 1 heterocycles. The van der Waals surface area contributed by atoms with Gasteiger partial charge in [0.25, 0.3) is 5.91 Å². The minimum absolute atomic E-state index is 0.0741. The molecular weight excluding hydrogens is 468 g/mol. The van der Waals surface area contributed by atoms with E-state index >= 15 is 0 Å². The van der Waals surface area contributed by atoms with Gasteiger partial charge in [-0.1, -0.05) is 26.0 Å². The molecule has 1 N–H and O–H groups in total. The first-order valence-corrected chi connectivity index (χ1v) is 13.7. The number of rotatable bonds is 7. The van der Waals surface area contributed by atoms with E-state index in [1.807, 2.05) is 0 Å². The number of hydrogen-bond donors (Lipinski definition) is 1. The summed E-state index contributed by atoms with van der Waals surface area (Å²) in [6, 6.07) is 3.56. The molecule has 3 aliphatic carbocycles. The number of nitrogens with one attached hydrogen (secondary N) is 1. The van der Waals surface area contributed by atoms with Crippen molar-refractivity contribution in [2.45, 2.75) is 78.7 Å². The van der Waals surface area contributed by atoms with E-state index in [4.69, 9.17) is 9.47 Å². The Labute approximate surface area is 220 Å². The Morgan fingerprint density at radius 3 is 2.57 bits per heavy atom. The van der Waals surface area contributed by atoms with Crippen LogP contribution in [0.25, 0.3) is 0 Å². The molecule has 0 aliphatic heterocycles. The zero-order chi connectivity index (χ0) is 26.8. The summed E-state index contributed by atoms with van der Waals surface area (Å²) < 4.78 is 11.2. The van der Waals surface area contributed by atoms with Gasteiger partial charge in [0.2, 0.25) is 0 Å². The number of amides is 1. The number of pyridine rings is 1. The van der Waals surface area contributed by atoms with Gasteiger partial charge < -0.3 is 14.8 Å². The van der Waals surface area contributed by atoms with Gasteiger partial charge in [0.1, 0.15) is 6.10 Å². The standard InChI is InChI=1S/C30H42N2O5/c1-19-8-9-26-25(17-32-28(35)22-7-6-14-31-16-22)27(11-13-29(19,26)4)30(5)12-10-24(37-21(3)34)15-23(30)18-36-20(2)33/h6-7,14,16,23-27H,1,8-13,15,17-18H2,2-5H3,(H,32,35)/t23-,24+,25+,26+,27+,29-,30+/m1/s1. The summed E-state index contributed by atoms with van der Waals surface area (Å²) in [5.74, 6) is 0.457. The van der Waals surface area contributed by atoms with Crippen LogP contribution in [0.5, 0.6) is 0 Å². The van der Waals surface area contributed by atoms with Crippen molar-refractivity contribution < 1.29 is 23.9 Å². The van der Waals surface area contributed by atoms with Crippen LogP contribution in [-0.2, 0) is 19.1 Å². The van der Waals surface area contributed by atoms with E-state index < -0.39 is 0 Å². The van der Waals surface area contributed by atoms with Gasteiger partial charge in [-0.3, -0.25) is 19.4 Å². The molecule has 7 nitrogen and oxygen atoms in total. The number of nitrogens with zero attached hydrogens (tertiary/aromatic N) is 1. The molecule has 37 heavy (non-hydrogen) atoms. The van der Waals surface area contributed by atoms with Crippen molar-refractivity contribution in [1.82, 2.24) is 10.3 Å². The number of aromatic nitrogens is 1. The second-order valence-electron chi connectivity index (χ2n) is 11.9. The van der Waals surface area contributed by atoms with Crippen LogP contribution in [0.1, 0.15) is 83.0 Å². The summed E-state index contributed by atoms with van der Waals surface area (Å²) in [5, 5.41) is 3.24. The summed E-state index contributed by atoms with van der Waals surface area (Å²) in [6.45, 7) is 12.9. The molecule has 4 rings (SSSR count). The lowest BCUT2D eigenvalue weighted by Crippen LogP contribution is -2.54. The van der Waals surface area contributed by atoms with E-state index in [2.05, 4.69) is 30.7 Å². The van der Waals surface area contributed by atoms with Crippen molar-refractivity contribution in [2.24, 2.45) is 34.5 Å². The highest BCUT2D eigenvalue weighted by atomic mass is 16.5. The lowest BCUT2D eigenvalue weighted by atomic mass is 9.49. The van der Waals surface area contributed by atoms with E-state index in [0.717, 1.165) is 38.5 Å². The van der Waals surface area contributed by atoms with Crippen molar-refractivity contribution in [3.8, 4) is 0 Å². The number of carbonyl (C=O) groups excluding carboxylic acids is 3. The van der Waals surface area contributed by atoms with E-state index in [0.29, 0.717) is 37.0 Å². The first-order valence-electron chi connectivity index (χ1n) is 13.7. The average Bonchev–Trinajstić information content (AvgIpc) is 3.17. The fourth-order valence-corrected chi connectivity index (χ4v) is 7.79. The predicted molar refractivity (Wildman–Crippen MR) is 140 cm³/mol. The molecule has 0 spiro atoms. The molecule has 1 aromatic rings. The van der Waals surface area contributed by atoms with Crippen LogP contribution >= 0.6 is 0 Å². The molecule has 202 valence electrons. The minimum Gasteiger partial charge on any atom is -0.466 e. The van der Waals surface area contributed by atoms with Crippen molar-refractivity contribution >= 4 is 17.8 Å². The normalized spacial score (nSPS) is 35.4. The van der Waals surface area contributed by atoms with Gasteiger partial charge in [-0.15, -0.1) is 0 Å². The summed E-state index contributed by atoms with van der Waals surface area (Å²) in [5.41, 5.74) is 1.87. The Bertz CT molecular complexity index is 1030. The maximum absolute atomic E-state index is 13.0. The molecule has 1 amide bonds. The smallest absolute Gasteiger partial charge is 0.302 e. The molecular formula is C30H42N2O5. The van der Waals surface area contributed by atoms with Crippen LogP contribution in [0.4, 0.5) is 0 Å². The SMILES string of the molecule is C=C1CC[C@H]2[C@H](CNC(=O)c3cccnc3)[C@@H]([C@@]3(C)CC[C@H](OC(C)=O)C[C@@H]3COC(C)=O)CC[C@]12C. The zero-order valence-electron chi connectivity index (χ0n) is 22.8. The Kier molecular flexibility index (Phi) is 8.10. The molecule has 0 radical (unpaired) electrons. The van der Waals surface area contributed by atoms with E-state index in [1.165, 1.54) is 19.4 Å². The quantitative estimate of drug-likeness (QED) is 0.405. The Morgan fingerprint density at radius 2 is 1.89 bits per heavy atom. The summed E-state index contributed by atoms with van der Waals surface area (Å²) in [6.07, 6.45) is 9.71. The fourth-order valence-electron chi connectivity index (χ4n) is 7.79. The highest BCUT2D eigenvalue weighted by molar-refractivity contribution is 5.93. The summed E-state index contributed by atoms with van der Waals surface area (Å²) in [4.78, 5) is 40.6. The number of fused-ring (bicyclic) bond motifs is 1. The van der Waals surface area contributed by atoms with E-state index in [9.17, 15) is 14.4 Å². The fraction of sp³-hybridized carbons (Fsp3) is 0.667. The van der Waals surface area contributed by atoms with E-state index in [1.54, 1.807) is 24.5 Å². The van der Waals surface area contributed by atoms with Gasteiger partial charge in [-0.25, -0.2) is 0 Å². The number of hydrogen-bond acceptors (Lipinski definition) is 6. The molecule has 0 unspecified atom stereocenters. The van der Waals surface area contributed by atoms with Gasteiger partial charge in [0.15, 0.2) is 0 Å². The molecule has 7 heteroatoms. The maximum Gasteiger partial charge on any atom is 0.302 e. The van der Waals surface area contributed by atoms with Gasteiger partial charge in [-0.2, -0.15) is 0 Å². The molecule has 0 bridgehead atoms. The molecule has 0 saturated heterocycles. The molecule has 3 fully saturated rings. The van der Waals surface area contributed by atoms with Crippen LogP contribution in [0.15, 0.2) is 36.7 Å². The van der Waals surface area contributed by atoms with Crippen LogP contribution in [0.2, 0.25) is 0 Å². The largest absolute Gasteiger partial charge is 0.466 e. The van der Waals surface area contributed by atoms with Crippen molar-refractivity contribution in [2.75, 3.05) is 13.2 Å². The molecule has 3 aliphatic rings. The van der Waals surface area contributed by atoms with Crippen LogP contribution in [0.3, 0.4) is 0 Å². The average molecular weight is 511 g/mol. The van der Waals surface area contributed by atoms with Gasteiger partial charge >= 0.3 is 11.9 Å². The molecule has 3 saturated carbocycles. The lowest BCUT2D eigenvalue weighted by Gasteiger charge is -2.56. The van der Waals surface area contributed by atoms with Gasteiger partial charge in [-0.05, 0) is 85.7 Å². The second kappa shape index (κ2) is 11.0. The topological polar surface area (TPSA) is 94.6 Å². The van der Waals surface area contributed by atoms with Crippen molar-refractivity contribution in [1.29, 1.82) is 0 Å². The number of esters is 2. The zero-order valence-corrected chi connectivity index (χ0v) is 22.8.